The number of nitrogens with one attached hydrogen (secondary N) is 1. The van der Waals surface area contributed by atoms with Crippen LogP contribution in [0.2, 0.25) is 0 Å². The van der Waals surface area contributed by atoms with E-state index in [4.69, 9.17) is 5.14 Å². The summed E-state index contributed by atoms with van der Waals surface area (Å²) in [7, 11) is -3.58. The molecule has 0 aliphatic carbocycles. The highest BCUT2D eigenvalue weighted by atomic mass is 32.3. The van der Waals surface area contributed by atoms with Crippen LogP contribution in [0.1, 0.15) is 0 Å². The maximum atomic E-state index is 10.4. The highest BCUT2D eigenvalue weighted by Gasteiger charge is 2.17. The van der Waals surface area contributed by atoms with Crippen LogP contribution in [0.15, 0.2) is 11.6 Å². The van der Waals surface area contributed by atoms with Gasteiger partial charge >= 0.3 is 10.2 Å². The lowest BCUT2D eigenvalue weighted by Crippen LogP contribution is -2.36. The average molecular weight is 167 g/mol. The molecule has 0 saturated heterocycles. The molecule has 52 valence electrons. The van der Waals surface area contributed by atoms with E-state index in [1.54, 1.807) is 5.41 Å². The highest BCUT2D eigenvalue weighted by Crippen LogP contribution is 2.15. The molecule has 0 aromatic rings. The summed E-state index contributed by atoms with van der Waals surface area (Å²) >= 11 is 0.978. The Balaban J connectivity index is 2.68. The standard InChI is InChI=1S/C2H5N3O2S2/c3-9(6,7)5-4-1-2-8-5/h1-2,4H,(H2,3,6,7). The number of nitrogens with two attached hydrogens (primary N) is 1. The van der Waals surface area contributed by atoms with Crippen LogP contribution in [0.25, 0.3) is 0 Å². The van der Waals surface area contributed by atoms with Crippen LogP contribution in [-0.2, 0) is 10.2 Å². The van der Waals surface area contributed by atoms with Crippen molar-refractivity contribution in [2.24, 2.45) is 5.14 Å². The molecule has 0 bridgehead atoms. The molecular weight excluding hydrogens is 162 g/mol. The SMILES string of the molecule is NS(=O)(=O)N1NC=CS1. The van der Waals surface area contributed by atoms with Gasteiger partial charge in [0, 0.05) is 11.6 Å². The molecule has 1 aliphatic rings. The van der Waals surface area contributed by atoms with Crippen molar-refractivity contribution in [2.75, 3.05) is 0 Å². The third kappa shape index (κ3) is 1.58. The zero-order valence-corrected chi connectivity index (χ0v) is 5.95. The molecule has 0 spiro atoms. The second-order valence-electron chi connectivity index (χ2n) is 1.31. The molecule has 0 aromatic heterocycles. The first-order valence-electron chi connectivity index (χ1n) is 2.02. The van der Waals surface area contributed by atoms with E-state index in [9.17, 15) is 8.42 Å². The second-order valence-corrected chi connectivity index (χ2v) is 3.78. The number of nitrogens with zero attached hydrogens (tertiary/aromatic N) is 1. The summed E-state index contributed by atoms with van der Waals surface area (Å²) in [6.45, 7) is 0. The molecule has 0 unspecified atom stereocenters. The molecule has 0 saturated carbocycles. The van der Waals surface area contributed by atoms with E-state index in [1.807, 2.05) is 0 Å². The summed E-state index contributed by atoms with van der Waals surface area (Å²) in [4.78, 5) is 0. The van der Waals surface area contributed by atoms with E-state index in [1.165, 1.54) is 6.20 Å². The van der Waals surface area contributed by atoms with Gasteiger partial charge < -0.3 is 5.43 Å². The molecule has 1 aliphatic heterocycles. The maximum absolute atomic E-state index is 10.4. The van der Waals surface area contributed by atoms with Crippen molar-refractivity contribution in [1.29, 1.82) is 0 Å². The highest BCUT2D eigenvalue weighted by molar-refractivity contribution is 8.09. The molecular formula is C2H5N3O2S2. The molecule has 3 N–H and O–H groups in total. The number of hydrogen-bond donors (Lipinski definition) is 2. The third-order valence-electron chi connectivity index (χ3n) is 0.636. The van der Waals surface area contributed by atoms with Crippen molar-refractivity contribution in [1.82, 2.24) is 9.25 Å². The fraction of sp³-hybridized carbons (Fsp3) is 0. The van der Waals surface area contributed by atoms with Gasteiger partial charge in [-0.05, 0) is 15.8 Å². The smallest absolute Gasteiger partial charge is 0.301 e. The Morgan fingerprint density at radius 3 is 2.56 bits per heavy atom. The number of rotatable bonds is 1. The third-order valence-corrected chi connectivity index (χ3v) is 2.64. The monoisotopic (exact) mass is 167 g/mol. The van der Waals surface area contributed by atoms with Gasteiger partial charge in [0.2, 0.25) is 0 Å². The summed E-state index contributed by atoms with van der Waals surface area (Å²) in [5.74, 6) is 0. The summed E-state index contributed by atoms with van der Waals surface area (Å²) in [6.07, 6.45) is 1.48. The Morgan fingerprint density at radius 1 is 1.67 bits per heavy atom. The van der Waals surface area contributed by atoms with Gasteiger partial charge in [0.15, 0.2) is 0 Å². The van der Waals surface area contributed by atoms with E-state index < -0.39 is 10.2 Å². The summed E-state index contributed by atoms with van der Waals surface area (Å²) in [6, 6.07) is 0. The topological polar surface area (TPSA) is 75.4 Å². The predicted molar refractivity (Wildman–Crippen MR) is 34.8 cm³/mol. The Hall–Kier alpha value is -0.240. The molecule has 0 radical (unpaired) electrons. The first kappa shape index (κ1) is 6.87. The van der Waals surface area contributed by atoms with Crippen LogP contribution in [0.5, 0.6) is 0 Å². The largest absolute Gasteiger partial charge is 0.304 e. The van der Waals surface area contributed by atoms with Crippen molar-refractivity contribution in [3.05, 3.63) is 11.6 Å². The van der Waals surface area contributed by atoms with Gasteiger partial charge in [0.1, 0.15) is 0 Å². The van der Waals surface area contributed by atoms with Crippen LogP contribution in [0.3, 0.4) is 0 Å². The van der Waals surface area contributed by atoms with Gasteiger partial charge in [-0.3, -0.25) is 0 Å². The minimum Gasteiger partial charge on any atom is -0.301 e. The Bertz CT molecular complexity index is 212. The molecule has 0 amide bonds. The second kappa shape index (κ2) is 2.18. The minimum absolute atomic E-state index is 0.854. The fourth-order valence-corrected chi connectivity index (χ4v) is 1.53. The lowest BCUT2D eigenvalue weighted by atomic mass is 11.1. The van der Waals surface area contributed by atoms with Crippen molar-refractivity contribution >= 4 is 22.2 Å². The average Bonchev–Trinajstić information content (AvgIpc) is 2.08. The minimum atomic E-state index is -3.58. The summed E-state index contributed by atoms with van der Waals surface area (Å²) < 4.78 is 21.7. The van der Waals surface area contributed by atoms with Gasteiger partial charge in [-0.1, -0.05) is 0 Å². The molecule has 0 fully saturated rings. The van der Waals surface area contributed by atoms with Gasteiger partial charge in [-0.25, -0.2) is 5.14 Å². The first-order valence-corrected chi connectivity index (χ1v) is 4.36. The van der Waals surface area contributed by atoms with E-state index >= 15 is 0 Å². The van der Waals surface area contributed by atoms with E-state index in [-0.39, 0.29) is 0 Å². The number of hydrazine groups is 1. The van der Waals surface area contributed by atoms with E-state index in [0.29, 0.717) is 0 Å². The van der Waals surface area contributed by atoms with Crippen LogP contribution in [-0.4, -0.2) is 12.2 Å². The predicted octanol–water partition coefficient (Wildman–Crippen LogP) is -0.870. The van der Waals surface area contributed by atoms with E-state index in [0.717, 1.165) is 15.8 Å². The zero-order valence-electron chi connectivity index (χ0n) is 4.31. The zero-order chi connectivity index (χ0) is 6.91. The molecule has 1 rings (SSSR count). The number of hydrogen-bond acceptors (Lipinski definition) is 4. The molecule has 7 heteroatoms. The Kier molecular flexibility index (Phi) is 1.66. The molecule has 0 aromatic carbocycles. The molecule has 1 heterocycles. The molecule has 9 heavy (non-hydrogen) atoms. The molecule has 5 nitrogen and oxygen atoms in total. The summed E-state index contributed by atoms with van der Waals surface area (Å²) in [5, 5.41) is 6.29. The van der Waals surface area contributed by atoms with Gasteiger partial charge in [0.25, 0.3) is 0 Å². The van der Waals surface area contributed by atoms with Crippen molar-refractivity contribution < 1.29 is 8.42 Å². The van der Waals surface area contributed by atoms with Crippen LogP contribution < -0.4 is 10.6 Å². The van der Waals surface area contributed by atoms with Crippen LogP contribution in [0, 0.1) is 0 Å². The van der Waals surface area contributed by atoms with E-state index in [2.05, 4.69) is 5.43 Å². The lowest BCUT2D eigenvalue weighted by Gasteiger charge is -2.08. The maximum Gasteiger partial charge on any atom is 0.304 e. The van der Waals surface area contributed by atoms with Gasteiger partial charge in [-0.2, -0.15) is 8.42 Å². The van der Waals surface area contributed by atoms with Crippen LogP contribution >= 0.6 is 11.9 Å². The van der Waals surface area contributed by atoms with Gasteiger partial charge in [-0.15, -0.1) is 0 Å². The lowest BCUT2D eigenvalue weighted by molar-refractivity contribution is 0.521. The van der Waals surface area contributed by atoms with Crippen molar-refractivity contribution in [2.45, 2.75) is 0 Å². The summed E-state index contributed by atoms with van der Waals surface area (Å²) in [5.41, 5.74) is 2.40. The van der Waals surface area contributed by atoms with Gasteiger partial charge in [0.05, 0.1) is 0 Å². The Labute approximate surface area is 57.2 Å². The normalized spacial score (nSPS) is 20.1. The first-order chi connectivity index (χ1) is 4.11. The van der Waals surface area contributed by atoms with Crippen LogP contribution in [0.4, 0.5) is 0 Å². The quantitative estimate of drug-likeness (QED) is 0.498. The Morgan fingerprint density at radius 2 is 2.33 bits per heavy atom. The van der Waals surface area contributed by atoms with Crippen molar-refractivity contribution in [3.8, 4) is 0 Å². The van der Waals surface area contributed by atoms with Crippen molar-refractivity contribution in [3.63, 3.8) is 0 Å². The molecule has 0 atom stereocenters. The fourth-order valence-electron chi connectivity index (χ4n) is 0.341.